The highest BCUT2D eigenvalue weighted by Gasteiger charge is 2.31. The Morgan fingerprint density at radius 2 is 2.12 bits per heavy atom. The summed E-state index contributed by atoms with van der Waals surface area (Å²) in [5.74, 6) is 1.42. The number of hydrogen-bond acceptors (Lipinski definition) is 6. The first-order chi connectivity index (χ1) is 11.8. The number of thiophene rings is 1. The summed E-state index contributed by atoms with van der Waals surface area (Å²) in [6, 6.07) is 9.33. The summed E-state index contributed by atoms with van der Waals surface area (Å²) in [4.78, 5) is 23.2. The maximum Gasteiger partial charge on any atom is 0.255 e. The van der Waals surface area contributed by atoms with Gasteiger partial charge in [0, 0.05) is 13.1 Å². The minimum absolute atomic E-state index is 0.104. The van der Waals surface area contributed by atoms with Crippen LogP contribution in [-0.4, -0.2) is 42.1 Å². The van der Waals surface area contributed by atoms with Gasteiger partial charge in [-0.25, -0.2) is 9.97 Å². The minimum atomic E-state index is -0.110. The molecule has 4 rings (SSSR count). The van der Waals surface area contributed by atoms with Gasteiger partial charge in [-0.1, -0.05) is 12.1 Å². The molecular formula is C17H16N4O2S. The van der Waals surface area contributed by atoms with Crippen molar-refractivity contribution < 1.29 is 9.53 Å². The molecule has 3 aromatic rings. The van der Waals surface area contributed by atoms with E-state index in [4.69, 9.17) is 4.74 Å². The number of methoxy groups -OCH3 is 1. The molecule has 0 unspecified atom stereocenters. The molecule has 1 aliphatic heterocycles. The van der Waals surface area contributed by atoms with E-state index < -0.39 is 0 Å². The topological polar surface area (TPSA) is 67.3 Å². The number of para-hydroxylation sites is 1. The molecule has 0 aliphatic carbocycles. The lowest BCUT2D eigenvalue weighted by atomic mass is 10.1. The standard InChI is InChI=1S/C17H16N4O2S/c1-23-14-5-3-2-4-12(14)17(22)20-11-8-21(9-11)16-15-13(6-7-24-15)18-10-19-16/h2-7,10-11H,8-9H2,1H3,(H,20,22). The molecule has 0 bridgehead atoms. The summed E-state index contributed by atoms with van der Waals surface area (Å²) in [5, 5.41) is 5.07. The van der Waals surface area contributed by atoms with E-state index in [9.17, 15) is 4.79 Å². The third kappa shape index (κ3) is 2.56. The fourth-order valence-electron chi connectivity index (χ4n) is 2.84. The molecule has 1 aliphatic rings. The lowest BCUT2D eigenvalue weighted by Gasteiger charge is -2.40. The molecule has 1 fully saturated rings. The van der Waals surface area contributed by atoms with Crippen LogP contribution in [0.4, 0.5) is 5.82 Å². The second-order valence-electron chi connectivity index (χ2n) is 5.61. The highest BCUT2D eigenvalue weighted by atomic mass is 32.1. The Balaban J connectivity index is 1.43. The zero-order chi connectivity index (χ0) is 16.5. The van der Waals surface area contributed by atoms with E-state index >= 15 is 0 Å². The molecule has 24 heavy (non-hydrogen) atoms. The summed E-state index contributed by atoms with van der Waals surface area (Å²) in [7, 11) is 1.57. The van der Waals surface area contributed by atoms with Crippen molar-refractivity contribution in [1.29, 1.82) is 0 Å². The van der Waals surface area contributed by atoms with Gasteiger partial charge in [-0.15, -0.1) is 11.3 Å². The van der Waals surface area contributed by atoms with E-state index in [1.165, 1.54) is 0 Å². The van der Waals surface area contributed by atoms with Gasteiger partial charge in [0.15, 0.2) is 0 Å². The first kappa shape index (κ1) is 14.9. The number of fused-ring (bicyclic) bond motifs is 1. The second kappa shape index (κ2) is 6.09. The molecule has 6 nitrogen and oxygen atoms in total. The normalized spacial score (nSPS) is 14.5. The molecule has 1 N–H and O–H groups in total. The van der Waals surface area contributed by atoms with Crippen molar-refractivity contribution in [2.24, 2.45) is 0 Å². The van der Waals surface area contributed by atoms with Crippen LogP contribution in [0.1, 0.15) is 10.4 Å². The molecule has 3 heterocycles. The van der Waals surface area contributed by atoms with Crippen molar-refractivity contribution in [1.82, 2.24) is 15.3 Å². The van der Waals surface area contributed by atoms with Crippen LogP contribution >= 0.6 is 11.3 Å². The van der Waals surface area contributed by atoms with Crippen molar-refractivity contribution in [3.05, 3.63) is 47.6 Å². The third-order valence-corrected chi connectivity index (χ3v) is 4.99. The average Bonchev–Trinajstić information content (AvgIpc) is 3.06. The Morgan fingerprint density at radius 3 is 2.96 bits per heavy atom. The number of carbonyl (C=O) groups is 1. The number of aromatic nitrogens is 2. The number of rotatable bonds is 4. The quantitative estimate of drug-likeness (QED) is 0.789. The Morgan fingerprint density at radius 1 is 1.29 bits per heavy atom. The summed E-state index contributed by atoms with van der Waals surface area (Å²) >= 11 is 1.64. The van der Waals surface area contributed by atoms with E-state index in [0.717, 1.165) is 29.1 Å². The van der Waals surface area contributed by atoms with Gasteiger partial charge in [-0.3, -0.25) is 4.79 Å². The zero-order valence-electron chi connectivity index (χ0n) is 13.1. The largest absolute Gasteiger partial charge is 0.496 e. The van der Waals surface area contributed by atoms with Gasteiger partial charge >= 0.3 is 0 Å². The Hall–Kier alpha value is -2.67. The maximum atomic E-state index is 12.4. The first-order valence-electron chi connectivity index (χ1n) is 7.63. The molecule has 1 saturated heterocycles. The molecule has 1 amide bonds. The van der Waals surface area contributed by atoms with Gasteiger partial charge in [-0.05, 0) is 23.6 Å². The number of ether oxygens (including phenoxy) is 1. The van der Waals surface area contributed by atoms with Crippen molar-refractivity contribution >= 4 is 33.3 Å². The van der Waals surface area contributed by atoms with E-state index in [0.29, 0.717) is 11.3 Å². The Labute approximate surface area is 143 Å². The van der Waals surface area contributed by atoms with E-state index in [1.54, 1.807) is 36.9 Å². The van der Waals surface area contributed by atoms with Crippen LogP contribution in [0.2, 0.25) is 0 Å². The third-order valence-electron chi connectivity index (χ3n) is 4.09. The lowest BCUT2D eigenvalue weighted by Crippen LogP contribution is -2.59. The molecule has 0 atom stereocenters. The summed E-state index contributed by atoms with van der Waals surface area (Å²) in [5.41, 5.74) is 1.52. The molecular weight excluding hydrogens is 324 g/mol. The van der Waals surface area contributed by atoms with Crippen LogP contribution in [-0.2, 0) is 0 Å². The predicted molar refractivity (Wildman–Crippen MR) is 93.9 cm³/mol. The van der Waals surface area contributed by atoms with E-state index in [1.807, 2.05) is 23.6 Å². The van der Waals surface area contributed by atoms with Gasteiger partial charge in [0.1, 0.15) is 17.9 Å². The number of anilines is 1. The van der Waals surface area contributed by atoms with Gasteiger partial charge in [-0.2, -0.15) is 0 Å². The number of carbonyl (C=O) groups excluding carboxylic acids is 1. The van der Waals surface area contributed by atoms with Gasteiger partial charge in [0.2, 0.25) is 0 Å². The van der Waals surface area contributed by atoms with Crippen molar-refractivity contribution in [2.45, 2.75) is 6.04 Å². The smallest absolute Gasteiger partial charge is 0.255 e. The molecule has 0 saturated carbocycles. The first-order valence-corrected chi connectivity index (χ1v) is 8.51. The van der Waals surface area contributed by atoms with Crippen molar-refractivity contribution in [3.63, 3.8) is 0 Å². The monoisotopic (exact) mass is 340 g/mol. The molecule has 0 radical (unpaired) electrons. The Kier molecular flexibility index (Phi) is 3.78. The second-order valence-corrected chi connectivity index (χ2v) is 6.52. The van der Waals surface area contributed by atoms with E-state index in [-0.39, 0.29) is 11.9 Å². The summed E-state index contributed by atoms with van der Waals surface area (Å²) in [6.07, 6.45) is 1.59. The fourth-order valence-corrected chi connectivity index (χ4v) is 3.70. The van der Waals surface area contributed by atoms with Crippen molar-refractivity contribution in [3.8, 4) is 5.75 Å². The minimum Gasteiger partial charge on any atom is -0.496 e. The van der Waals surface area contributed by atoms with Crippen LogP contribution in [0.5, 0.6) is 5.75 Å². The highest BCUT2D eigenvalue weighted by Crippen LogP contribution is 2.30. The number of benzene rings is 1. The van der Waals surface area contributed by atoms with Crippen LogP contribution in [0, 0.1) is 0 Å². The van der Waals surface area contributed by atoms with Crippen LogP contribution < -0.4 is 15.0 Å². The highest BCUT2D eigenvalue weighted by molar-refractivity contribution is 7.17. The van der Waals surface area contributed by atoms with Gasteiger partial charge in [0.05, 0.1) is 28.9 Å². The number of amides is 1. The molecule has 122 valence electrons. The average molecular weight is 340 g/mol. The maximum absolute atomic E-state index is 12.4. The molecule has 2 aromatic heterocycles. The molecule has 0 spiro atoms. The van der Waals surface area contributed by atoms with Gasteiger partial charge < -0.3 is 15.0 Å². The number of nitrogens with zero attached hydrogens (tertiary/aromatic N) is 3. The number of hydrogen-bond donors (Lipinski definition) is 1. The number of nitrogens with one attached hydrogen (secondary N) is 1. The summed E-state index contributed by atoms with van der Waals surface area (Å²) < 4.78 is 6.33. The lowest BCUT2D eigenvalue weighted by molar-refractivity contribution is 0.0927. The van der Waals surface area contributed by atoms with Crippen molar-refractivity contribution in [2.75, 3.05) is 25.1 Å². The SMILES string of the molecule is COc1ccccc1C(=O)NC1CN(c2ncnc3ccsc23)C1. The Bertz CT molecular complexity index is 889. The van der Waals surface area contributed by atoms with Crippen LogP contribution in [0.3, 0.4) is 0 Å². The van der Waals surface area contributed by atoms with Crippen LogP contribution in [0.25, 0.3) is 10.2 Å². The molecule has 1 aromatic carbocycles. The summed E-state index contributed by atoms with van der Waals surface area (Å²) in [6.45, 7) is 1.48. The zero-order valence-corrected chi connectivity index (χ0v) is 13.9. The van der Waals surface area contributed by atoms with E-state index in [2.05, 4.69) is 20.2 Å². The van der Waals surface area contributed by atoms with Gasteiger partial charge in [0.25, 0.3) is 5.91 Å². The van der Waals surface area contributed by atoms with Crippen LogP contribution in [0.15, 0.2) is 42.0 Å². The predicted octanol–water partition coefficient (Wildman–Crippen LogP) is 2.32. The molecule has 7 heteroatoms. The fraction of sp³-hybridized carbons (Fsp3) is 0.235.